The number of para-hydroxylation sites is 2. The first kappa shape index (κ1) is 15.1. The van der Waals surface area contributed by atoms with E-state index in [0.29, 0.717) is 10.9 Å². The topological polar surface area (TPSA) is 48.8 Å². The number of amides is 1. The van der Waals surface area contributed by atoms with Crippen LogP contribution >= 0.6 is 11.8 Å². The molecule has 1 aliphatic rings. The quantitative estimate of drug-likeness (QED) is 0.673. The van der Waals surface area contributed by atoms with Crippen molar-refractivity contribution in [2.45, 2.75) is 0 Å². The predicted octanol–water partition coefficient (Wildman–Crippen LogP) is 3.43. The van der Waals surface area contributed by atoms with Gasteiger partial charge in [0, 0.05) is 24.9 Å². The normalized spacial score (nSPS) is 16.9. The number of aromatic nitrogens is 1. The van der Waals surface area contributed by atoms with E-state index in [2.05, 4.69) is 0 Å². The lowest BCUT2D eigenvalue weighted by atomic mass is 10.1. The number of benzene rings is 2. The second-order valence-corrected chi connectivity index (χ2v) is 6.67. The van der Waals surface area contributed by atoms with Crippen molar-refractivity contribution < 1.29 is 4.79 Å². The van der Waals surface area contributed by atoms with Crippen molar-refractivity contribution in [1.82, 2.24) is 15.0 Å². The molecule has 0 N–H and O–H groups in total. The predicted molar refractivity (Wildman–Crippen MR) is 99.3 cm³/mol. The third-order valence-corrected chi connectivity index (χ3v) is 4.82. The van der Waals surface area contributed by atoms with Gasteiger partial charge in [-0.2, -0.15) is 0 Å². The van der Waals surface area contributed by atoms with Crippen molar-refractivity contribution in [3.05, 3.63) is 48.5 Å². The van der Waals surface area contributed by atoms with Crippen molar-refractivity contribution in [1.29, 1.82) is 0 Å². The molecule has 6 heteroatoms. The summed E-state index contributed by atoms with van der Waals surface area (Å²) in [6.07, 6.45) is 0. The van der Waals surface area contributed by atoms with Crippen LogP contribution in [0.3, 0.4) is 0 Å². The highest BCUT2D eigenvalue weighted by Gasteiger charge is 2.30. The second kappa shape index (κ2) is 5.89. The maximum absolute atomic E-state index is 12.1. The molecular weight excluding hydrogens is 320 g/mol. The van der Waals surface area contributed by atoms with Gasteiger partial charge in [0.15, 0.2) is 5.17 Å². The standard InChI is InChI=1S/C18H16N4OS/c1-21(2)22-16(23)11-24-18(22)20-17-12-7-3-5-9-14(12)19-15-10-6-4-8-13(15)17/h3-10H,11H2,1-2H3. The zero-order valence-electron chi connectivity index (χ0n) is 13.4. The van der Waals surface area contributed by atoms with Crippen LogP contribution in [-0.2, 0) is 4.79 Å². The Morgan fingerprint density at radius 2 is 1.62 bits per heavy atom. The summed E-state index contributed by atoms with van der Waals surface area (Å²) in [6, 6.07) is 15.9. The summed E-state index contributed by atoms with van der Waals surface area (Å²) in [5.74, 6) is 0.462. The number of hydrazine groups is 1. The van der Waals surface area contributed by atoms with Crippen LogP contribution in [0.25, 0.3) is 21.8 Å². The summed E-state index contributed by atoms with van der Waals surface area (Å²) in [5, 5.41) is 6.07. The molecule has 1 saturated heterocycles. The van der Waals surface area contributed by atoms with Gasteiger partial charge in [-0.05, 0) is 12.1 Å². The molecule has 1 fully saturated rings. The molecule has 0 radical (unpaired) electrons. The summed E-state index contributed by atoms with van der Waals surface area (Å²) in [6.45, 7) is 0. The third-order valence-electron chi connectivity index (χ3n) is 3.91. The Balaban J connectivity index is 2.00. The maximum Gasteiger partial charge on any atom is 0.253 e. The fourth-order valence-corrected chi connectivity index (χ4v) is 3.78. The molecule has 0 saturated carbocycles. The minimum absolute atomic E-state index is 0.0476. The van der Waals surface area contributed by atoms with Crippen LogP contribution < -0.4 is 0 Å². The van der Waals surface area contributed by atoms with Crippen LogP contribution in [0.4, 0.5) is 5.69 Å². The molecule has 24 heavy (non-hydrogen) atoms. The van der Waals surface area contributed by atoms with E-state index >= 15 is 0 Å². The van der Waals surface area contributed by atoms with E-state index in [1.165, 1.54) is 11.8 Å². The Morgan fingerprint density at radius 1 is 1.04 bits per heavy atom. The van der Waals surface area contributed by atoms with Crippen molar-refractivity contribution in [2.75, 3.05) is 19.8 Å². The molecule has 0 unspecified atom stereocenters. The summed E-state index contributed by atoms with van der Waals surface area (Å²) < 4.78 is 0. The lowest BCUT2D eigenvalue weighted by Crippen LogP contribution is -2.41. The number of aliphatic imine (C=N–C) groups is 1. The molecule has 5 nitrogen and oxygen atoms in total. The number of carbonyl (C=O) groups excluding carboxylic acids is 1. The number of thioether (sulfide) groups is 1. The van der Waals surface area contributed by atoms with Crippen molar-refractivity contribution in [2.24, 2.45) is 4.99 Å². The van der Waals surface area contributed by atoms with E-state index in [1.807, 2.05) is 62.6 Å². The highest BCUT2D eigenvalue weighted by atomic mass is 32.2. The molecule has 0 aliphatic carbocycles. The molecule has 0 bridgehead atoms. The first-order valence-electron chi connectivity index (χ1n) is 7.64. The number of hydrogen-bond donors (Lipinski definition) is 0. The number of pyridine rings is 1. The Morgan fingerprint density at radius 3 is 2.21 bits per heavy atom. The molecule has 0 atom stereocenters. The number of hydrogen-bond acceptors (Lipinski definition) is 5. The fraction of sp³-hybridized carbons (Fsp3) is 0.167. The summed E-state index contributed by atoms with van der Waals surface area (Å²) in [5.41, 5.74) is 2.67. The van der Waals surface area contributed by atoms with Gasteiger partial charge in [0.05, 0.1) is 22.5 Å². The average Bonchev–Trinajstić information content (AvgIpc) is 2.95. The van der Waals surface area contributed by atoms with Gasteiger partial charge in [0.25, 0.3) is 5.91 Å². The molecule has 0 spiro atoms. The summed E-state index contributed by atoms with van der Waals surface area (Å²) >= 11 is 1.46. The lowest BCUT2D eigenvalue weighted by Gasteiger charge is -2.23. The molecule has 1 amide bonds. The van der Waals surface area contributed by atoms with Gasteiger partial charge < -0.3 is 0 Å². The molecule has 120 valence electrons. The first-order chi connectivity index (χ1) is 11.6. The maximum atomic E-state index is 12.1. The molecule has 1 aromatic heterocycles. The third kappa shape index (κ3) is 2.44. The molecule has 3 aromatic rings. The van der Waals surface area contributed by atoms with Crippen molar-refractivity contribution in [3.63, 3.8) is 0 Å². The van der Waals surface area contributed by atoms with Gasteiger partial charge in [-0.1, -0.05) is 48.2 Å². The lowest BCUT2D eigenvalue weighted by molar-refractivity contribution is -0.132. The van der Waals surface area contributed by atoms with Gasteiger partial charge in [-0.25, -0.2) is 20.0 Å². The van der Waals surface area contributed by atoms with E-state index in [-0.39, 0.29) is 5.91 Å². The number of rotatable bonds is 2. The van der Waals surface area contributed by atoms with Crippen LogP contribution in [0.5, 0.6) is 0 Å². The number of carbonyl (C=O) groups is 1. The molecule has 4 rings (SSSR count). The van der Waals surface area contributed by atoms with Crippen LogP contribution in [0.2, 0.25) is 0 Å². The van der Waals surface area contributed by atoms with Gasteiger partial charge in [-0.3, -0.25) is 4.79 Å². The van der Waals surface area contributed by atoms with Crippen LogP contribution in [0, 0.1) is 0 Å². The SMILES string of the molecule is CN(C)N1C(=O)CSC1=Nc1c2ccccc2nc2ccccc12. The molecule has 1 aliphatic heterocycles. The minimum Gasteiger partial charge on any atom is -0.272 e. The van der Waals surface area contributed by atoms with E-state index in [0.717, 1.165) is 27.5 Å². The van der Waals surface area contributed by atoms with Crippen molar-refractivity contribution in [3.8, 4) is 0 Å². The van der Waals surface area contributed by atoms with E-state index < -0.39 is 0 Å². The monoisotopic (exact) mass is 336 g/mol. The summed E-state index contributed by atoms with van der Waals surface area (Å²) in [4.78, 5) is 21.7. The van der Waals surface area contributed by atoms with Crippen LogP contribution in [0.15, 0.2) is 53.5 Å². The largest absolute Gasteiger partial charge is 0.272 e. The van der Waals surface area contributed by atoms with E-state index in [1.54, 1.807) is 10.0 Å². The molecular formula is C18H16N4OS. The van der Waals surface area contributed by atoms with E-state index in [9.17, 15) is 4.79 Å². The van der Waals surface area contributed by atoms with E-state index in [4.69, 9.17) is 9.98 Å². The van der Waals surface area contributed by atoms with Gasteiger partial charge in [0.1, 0.15) is 0 Å². The zero-order valence-corrected chi connectivity index (χ0v) is 14.2. The van der Waals surface area contributed by atoms with Crippen molar-refractivity contribution >= 4 is 50.3 Å². The second-order valence-electron chi connectivity index (χ2n) is 5.73. The minimum atomic E-state index is 0.0476. The number of fused-ring (bicyclic) bond motifs is 2. The Bertz CT molecular complexity index is 929. The number of nitrogens with zero attached hydrogens (tertiary/aromatic N) is 4. The first-order valence-corrected chi connectivity index (χ1v) is 8.63. The highest BCUT2D eigenvalue weighted by molar-refractivity contribution is 8.15. The zero-order chi connectivity index (χ0) is 16.7. The Hall–Kier alpha value is -2.44. The summed E-state index contributed by atoms with van der Waals surface area (Å²) in [7, 11) is 3.70. The van der Waals surface area contributed by atoms with Crippen LogP contribution in [-0.4, -0.2) is 45.9 Å². The van der Waals surface area contributed by atoms with Gasteiger partial charge >= 0.3 is 0 Å². The number of amidine groups is 1. The van der Waals surface area contributed by atoms with Gasteiger partial charge in [0.2, 0.25) is 0 Å². The van der Waals surface area contributed by atoms with Crippen LogP contribution in [0.1, 0.15) is 0 Å². The Labute approximate surface area is 144 Å². The molecule has 2 heterocycles. The smallest absolute Gasteiger partial charge is 0.253 e. The Kier molecular flexibility index (Phi) is 3.70. The highest BCUT2D eigenvalue weighted by Crippen LogP contribution is 2.35. The molecule has 2 aromatic carbocycles. The average molecular weight is 336 g/mol. The fourth-order valence-electron chi connectivity index (χ4n) is 2.86. The van der Waals surface area contributed by atoms with Gasteiger partial charge in [-0.15, -0.1) is 0 Å².